The Bertz CT molecular complexity index is 844. The van der Waals surface area contributed by atoms with E-state index in [1.54, 1.807) is 0 Å². The minimum Gasteiger partial charge on any atom is -0.487 e. The van der Waals surface area contributed by atoms with Crippen molar-refractivity contribution in [2.24, 2.45) is 0 Å². The molecule has 1 aromatic heterocycles. The van der Waals surface area contributed by atoms with Crippen LogP contribution in [0.15, 0.2) is 24.4 Å². The number of nitrogens with one attached hydrogen (secondary N) is 1. The molecule has 1 aliphatic rings. The molecule has 6 nitrogen and oxygen atoms in total. The van der Waals surface area contributed by atoms with Gasteiger partial charge in [0.25, 0.3) is 0 Å². The van der Waals surface area contributed by atoms with E-state index in [0.717, 1.165) is 6.07 Å². The third kappa shape index (κ3) is 4.61. The van der Waals surface area contributed by atoms with Crippen molar-refractivity contribution in [3.63, 3.8) is 0 Å². The van der Waals surface area contributed by atoms with Gasteiger partial charge in [0.1, 0.15) is 18.0 Å². The number of nitriles is 1. The van der Waals surface area contributed by atoms with Crippen LogP contribution >= 0.6 is 0 Å². The Morgan fingerprint density at radius 3 is 2.67 bits per heavy atom. The number of rotatable bonds is 5. The summed E-state index contributed by atoms with van der Waals surface area (Å²) in [6.07, 6.45) is 2.63. The van der Waals surface area contributed by atoms with Gasteiger partial charge in [0.15, 0.2) is 28.9 Å². The highest BCUT2D eigenvalue weighted by molar-refractivity contribution is 5.62. The normalized spacial score (nSPS) is 14.9. The van der Waals surface area contributed by atoms with E-state index < -0.39 is 11.6 Å². The maximum Gasteiger partial charge on any atom is 0.171 e. The van der Waals surface area contributed by atoms with Gasteiger partial charge in [-0.1, -0.05) is 0 Å². The van der Waals surface area contributed by atoms with E-state index in [1.807, 2.05) is 19.9 Å². The predicted octanol–water partition coefficient (Wildman–Crippen LogP) is 3.49. The molecule has 3 rings (SSSR count). The Hall–Kier alpha value is -2.95. The molecule has 1 fully saturated rings. The lowest BCUT2D eigenvalue weighted by Gasteiger charge is -2.33. The lowest BCUT2D eigenvalue weighted by atomic mass is 10.1. The molecular weight excluding hydrogens is 352 g/mol. The van der Waals surface area contributed by atoms with Crippen LogP contribution in [0.5, 0.6) is 5.75 Å². The molecule has 2 heterocycles. The van der Waals surface area contributed by atoms with Crippen LogP contribution in [0.4, 0.5) is 20.4 Å². The fourth-order valence-corrected chi connectivity index (χ4v) is 2.97. The second-order valence-corrected chi connectivity index (χ2v) is 6.72. The van der Waals surface area contributed by atoms with Gasteiger partial charge in [0, 0.05) is 38.0 Å². The Morgan fingerprint density at radius 2 is 2.04 bits per heavy atom. The van der Waals surface area contributed by atoms with Crippen molar-refractivity contribution in [3.8, 4) is 11.8 Å². The van der Waals surface area contributed by atoms with Crippen molar-refractivity contribution < 1.29 is 13.5 Å². The van der Waals surface area contributed by atoms with E-state index in [4.69, 9.17) is 10.00 Å². The SMILES string of the molecule is CC(C)Nc1nc(C#N)cnc1N1CCC(Oc2ccc(F)cc2F)CC1. The summed E-state index contributed by atoms with van der Waals surface area (Å²) in [6, 6.07) is 5.47. The first-order valence-electron chi connectivity index (χ1n) is 8.86. The van der Waals surface area contributed by atoms with Gasteiger partial charge in [-0.25, -0.2) is 18.7 Å². The number of halogens is 2. The number of piperidine rings is 1. The zero-order chi connectivity index (χ0) is 19.4. The van der Waals surface area contributed by atoms with Crippen molar-refractivity contribution in [1.29, 1.82) is 5.26 Å². The van der Waals surface area contributed by atoms with Crippen LogP contribution in [0.1, 0.15) is 32.4 Å². The summed E-state index contributed by atoms with van der Waals surface area (Å²) in [7, 11) is 0. The average molecular weight is 373 g/mol. The number of ether oxygens (including phenoxy) is 1. The van der Waals surface area contributed by atoms with Gasteiger partial charge >= 0.3 is 0 Å². The Morgan fingerprint density at radius 1 is 1.30 bits per heavy atom. The van der Waals surface area contributed by atoms with Crippen LogP contribution in [0, 0.1) is 23.0 Å². The molecule has 1 aromatic carbocycles. The molecule has 27 heavy (non-hydrogen) atoms. The van der Waals surface area contributed by atoms with Crippen molar-refractivity contribution in [2.75, 3.05) is 23.3 Å². The van der Waals surface area contributed by atoms with Crippen LogP contribution in [-0.2, 0) is 0 Å². The molecule has 0 spiro atoms. The van der Waals surface area contributed by atoms with Crippen LogP contribution in [0.3, 0.4) is 0 Å². The third-order valence-electron chi connectivity index (χ3n) is 4.22. The number of aromatic nitrogens is 2. The molecule has 0 amide bonds. The second-order valence-electron chi connectivity index (χ2n) is 6.72. The first kappa shape index (κ1) is 18.8. The summed E-state index contributed by atoms with van der Waals surface area (Å²) in [5.41, 5.74) is 0.256. The maximum atomic E-state index is 13.8. The molecule has 8 heteroatoms. The molecule has 142 valence electrons. The number of nitrogens with zero attached hydrogens (tertiary/aromatic N) is 4. The zero-order valence-electron chi connectivity index (χ0n) is 15.2. The number of hydrogen-bond donors (Lipinski definition) is 1. The standard InChI is InChI=1S/C19H21F2N5O/c1-12(2)24-18-19(23-11-14(10-22)25-18)26-7-5-15(6-8-26)27-17-4-3-13(20)9-16(17)21/h3-4,9,11-12,15H,5-8H2,1-2H3,(H,24,25). The highest BCUT2D eigenvalue weighted by Gasteiger charge is 2.25. The topological polar surface area (TPSA) is 74.1 Å². The highest BCUT2D eigenvalue weighted by Crippen LogP contribution is 2.28. The number of hydrogen-bond acceptors (Lipinski definition) is 6. The molecule has 0 radical (unpaired) electrons. The fourth-order valence-electron chi connectivity index (χ4n) is 2.97. The first-order valence-corrected chi connectivity index (χ1v) is 8.86. The monoisotopic (exact) mass is 373 g/mol. The minimum absolute atomic E-state index is 0.0650. The summed E-state index contributed by atoms with van der Waals surface area (Å²) < 4.78 is 32.5. The van der Waals surface area contributed by atoms with E-state index in [1.165, 1.54) is 18.3 Å². The molecule has 2 aromatic rings. The zero-order valence-corrected chi connectivity index (χ0v) is 15.2. The Kier molecular flexibility index (Phi) is 5.69. The van der Waals surface area contributed by atoms with Gasteiger partial charge in [-0.2, -0.15) is 5.26 Å². The van der Waals surface area contributed by atoms with Gasteiger partial charge in [-0.15, -0.1) is 0 Å². The molecule has 0 bridgehead atoms. The van der Waals surface area contributed by atoms with Gasteiger partial charge in [0.05, 0.1) is 6.20 Å². The molecular formula is C19H21F2N5O. The number of benzene rings is 1. The predicted molar refractivity (Wildman–Crippen MR) is 97.7 cm³/mol. The summed E-state index contributed by atoms with van der Waals surface area (Å²) in [5, 5.41) is 12.3. The summed E-state index contributed by atoms with van der Waals surface area (Å²) in [4.78, 5) is 10.8. The van der Waals surface area contributed by atoms with Crippen LogP contribution in [-0.4, -0.2) is 35.2 Å². The van der Waals surface area contributed by atoms with E-state index in [-0.39, 0.29) is 23.6 Å². The van der Waals surface area contributed by atoms with E-state index >= 15 is 0 Å². The molecule has 0 atom stereocenters. The molecule has 1 saturated heterocycles. The average Bonchev–Trinajstić information content (AvgIpc) is 2.64. The first-order chi connectivity index (χ1) is 13.0. The van der Waals surface area contributed by atoms with Crippen molar-refractivity contribution >= 4 is 11.6 Å². The molecule has 0 saturated carbocycles. The fraction of sp³-hybridized carbons (Fsp3) is 0.421. The molecule has 0 unspecified atom stereocenters. The highest BCUT2D eigenvalue weighted by atomic mass is 19.1. The number of anilines is 2. The lowest BCUT2D eigenvalue weighted by Crippen LogP contribution is -2.39. The summed E-state index contributed by atoms with van der Waals surface area (Å²) in [6.45, 7) is 5.28. The molecule has 1 aliphatic heterocycles. The Labute approximate surface area is 156 Å². The quantitative estimate of drug-likeness (QED) is 0.865. The third-order valence-corrected chi connectivity index (χ3v) is 4.22. The molecule has 0 aliphatic carbocycles. The van der Waals surface area contributed by atoms with E-state index in [0.29, 0.717) is 37.6 Å². The van der Waals surface area contributed by atoms with Gasteiger partial charge < -0.3 is 15.0 Å². The van der Waals surface area contributed by atoms with Gasteiger partial charge in [0.2, 0.25) is 0 Å². The largest absolute Gasteiger partial charge is 0.487 e. The summed E-state index contributed by atoms with van der Waals surface area (Å²) >= 11 is 0. The van der Waals surface area contributed by atoms with Gasteiger partial charge in [-0.3, -0.25) is 0 Å². The lowest BCUT2D eigenvalue weighted by molar-refractivity contribution is 0.163. The van der Waals surface area contributed by atoms with E-state index in [2.05, 4.69) is 20.2 Å². The van der Waals surface area contributed by atoms with Crippen molar-refractivity contribution in [3.05, 3.63) is 41.7 Å². The van der Waals surface area contributed by atoms with Crippen molar-refractivity contribution in [1.82, 2.24) is 9.97 Å². The smallest absolute Gasteiger partial charge is 0.171 e. The second kappa shape index (κ2) is 8.16. The van der Waals surface area contributed by atoms with E-state index in [9.17, 15) is 8.78 Å². The minimum atomic E-state index is -0.696. The van der Waals surface area contributed by atoms with Crippen molar-refractivity contribution in [2.45, 2.75) is 38.8 Å². The maximum absolute atomic E-state index is 13.8. The van der Waals surface area contributed by atoms with Gasteiger partial charge in [-0.05, 0) is 26.0 Å². The van der Waals surface area contributed by atoms with Crippen LogP contribution in [0.2, 0.25) is 0 Å². The Balaban J connectivity index is 1.67. The molecule has 1 N–H and O–H groups in total. The van der Waals surface area contributed by atoms with Crippen LogP contribution in [0.25, 0.3) is 0 Å². The summed E-state index contributed by atoms with van der Waals surface area (Å²) in [5.74, 6) is 0.00957. The van der Waals surface area contributed by atoms with Crippen LogP contribution < -0.4 is 15.0 Å².